The van der Waals surface area contributed by atoms with E-state index in [1.54, 1.807) is 38.1 Å². The molecule has 11 heteroatoms. The predicted molar refractivity (Wildman–Crippen MR) is 173 cm³/mol. The van der Waals surface area contributed by atoms with Crippen molar-refractivity contribution in [1.82, 2.24) is 4.57 Å². The van der Waals surface area contributed by atoms with Gasteiger partial charge in [0.25, 0.3) is 5.56 Å². The number of esters is 1. The molecule has 0 saturated heterocycles. The van der Waals surface area contributed by atoms with E-state index in [4.69, 9.17) is 37.4 Å². The molecule has 7 nitrogen and oxygen atoms in total. The highest BCUT2D eigenvalue weighted by Gasteiger charge is 2.33. The van der Waals surface area contributed by atoms with Crippen molar-refractivity contribution in [3.8, 4) is 11.5 Å². The smallest absolute Gasteiger partial charge is 0.338 e. The molecule has 222 valence electrons. The minimum absolute atomic E-state index is 0.191. The van der Waals surface area contributed by atoms with Gasteiger partial charge in [0.05, 0.1) is 39.5 Å². The molecule has 5 rings (SSSR count). The number of ether oxygens (including phenoxy) is 3. The Balaban J connectivity index is 1.64. The molecule has 0 fully saturated rings. The number of nitrogens with zero attached hydrogens (tertiary/aromatic N) is 2. The second-order valence-electron chi connectivity index (χ2n) is 9.49. The van der Waals surface area contributed by atoms with E-state index >= 15 is 0 Å². The standard InChI is InChI=1S/C32H27BrCl2N2O5S/c1-4-40-23-12-10-19(11-13-23)28-27(31(39)41-5-2)18(3)36-32-37(28)30(38)26(43-32)15-21-14-22(34)16-24(33)29(21)42-17-20-8-6-7-9-25(20)35/h6-16,28H,4-5,17H2,1-3H3/b26-15-/t28-/m0/s1. The van der Waals surface area contributed by atoms with Gasteiger partial charge in [-0.15, -0.1) is 0 Å². The van der Waals surface area contributed by atoms with Crippen LogP contribution in [0.3, 0.4) is 0 Å². The fourth-order valence-electron chi connectivity index (χ4n) is 4.77. The molecule has 0 bridgehead atoms. The van der Waals surface area contributed by atoms with Crippen molar-refractivity contribution >= 4 is 62.5 Å². The quantitative estimate of drug-likeness (QED) is 0.179. The summed E-state index contributed by atoms with van der Waals surface area (Å²) in [6.45, 7) is 6.32. The SMILES string of the molecule is CCOC(=O)C1=C(C)N=c2s/c(=C\c3cc(Cl)cc(Br)c3OCc3ccccc3Cl)c(=O)n2[C@H]1c1ccc(OCC)cc1. The van der Waals surface area contributed by atoms with Crippen molar-refractivity contribution in [1.29, 1.82) is 0 Å². The van der Waals surface area contributed by atoms with Gasteiger partial charge < -0.3 is 14.2 Å². The minimum Gasteiger partial charge on any atom is -0.494 e. The summed E-state index contributed by atoms with van der Waals surface area (Å²) in [6.07, 6.45) is 1.72. The highest BCUT2D eigenvalue weighted by Crippen LogP contribution is 2.35. The maximum absolute atomic E-state index is 14.1. The number of hydrogen-bond donors (Lipinski definition) is 0. The summed E-state index contributed by atoms with van der Waals surface area (Å²) >= 11 is 17.5. The first-order valence-corrected chi connectivity index (χ1v) is 15.9. The van der Waals surface area contributed by atoms with Gasteiger partial charge in [0, 0.05) is 21.2 Å². The second kappa shape index (κ2) is 13.5. The number of halogens is 3. The Morgan fingerprint density at radius 2 is 1.81 bits per heavy atom. The van der Waals surface area contributed by atoms with Crippen LogP contribution in [0.4, 0.5) is 0 Å². The Bertz CT molecular complexity index is 1900. The summed E-state index contributed by atoms with van der Waals surface area (Å²) in [5.74, 6) is 0.667. The summed E-state index contributed by atoms with van der Waals surface area (Å²) in [5, 5.41) is 1.05. The maximum atomic E-state index is 14.1. The molecule has 1 aliphatic heterocycles. The highest BCUT2D eigenvalue weighted by molar-refractivity contribution is 9.10. The second-order valence-corrected chi connectivity index (χ2v) is 12.2. The van der Waals surface area contributed by atoms with Crippen LogP contribution in [0.15, 0.2) is 86.2 Å². The Morgan fingerprint density at radius 1 is 1.07 bits per heavy atom. The van der Waals surface area contributed by atoms with Gasteiger partial charge in [-0.3, -0.25) is 9.36 Å². The lowest BCUT2D eigenvalue weighted by Gasteiger charge is -2.24. The lowest BCUT2D eigenvalue weighted by atomic mass is 9.96. The molecular formula is C32H27BrCl2N2O5S. The number of fused-ring (bicyclic) bond motifs is 1. The molecule has 3 aromatic carbocycles. The van der Waals surface area contributed by atoms with Gasteiger partial charge in [-0.05, 0) is 78.7 Å². The van der Waals surface area contributed by atoms with Crippen molar-refractivity contribution in [2.75, 3.05) is 13.2 Å². The first-order valence-electron chi connectivity index (χ1n) is 13.5. The third-order valence-electron chi connectivity index (χ3n) is 6.68. The van der Waals surface area contributed by atoms with Crippen LogP contribution in [0.1, 0.15) is 43.5 Å². The molecule has 1 atom stereocenters. The van der Waals surface area contributed by atoms with Crippen LogP contribution in [0, 0.1) is 0 Å². The lowest BCUT2D eigenvalue weighted by molar-refractivity contribution is -0.139. The van der Waals surface area contributed by atoms with Crippen LogP contribution in [0.25, 0.3) is 6.08 Å². The van der Waals surface area contributed by atoms with Gasteiger partial charge in [-0.2, -0.15) is 0 Å². The summed E-state index contributed by atoms with van der Waals surface area (Å²) < 4.78 is 19.7. The zero-order chi connectivity index (χ0) is 30.7. The van der Waals surface area contributed by atoms with E-state index in [9.17, 15) is 9.59 Å². The maximum Gasteiger partial charge on any atom is 0.338 e. The number of carbonyl (C=O) groups excluding carboxylic acids is 1. The van der Waals surface area contributed by atoms with E-state index in [2.05, 4.69) is 20.9 Å². The molecule has 43 heavy (non-hydrogen) atoms. The van der Waals surface area contributed by atoms with E-state index in [0.29, 0.717) is 58.8 Å². The Kier molecular flexibility index (Phi) is 9.76. The van der Waals surface area contributed by atoms with E-state index in [1.165, 1.54) is 15.9 Å². The Hall–Kier alpha value is -3.37. The van der Waals surface area contributed by atoms with Crippen molar-refractivity contribution in [2.45, 2.75) is 33.4 Å². The molecule has 0 unspecified atom stereocenters. The number of hydrogen-bond acceptors (Lipinski definition) is 7. The van der Waals surface area contributed by atoms with Crippen LogP contribution in [0.5, 0.6) is 11.5 Å². The summed E-state index contributed by atoms with van der Waals surface area (Å²) in [6, 6.07) is 17.5. The molecule has 0 aliphatic carbocycles. The van der Waals surface area contributed by atoms with Gasteiger partial charge in [0.15, 0.2) is 4.80 Å². The minimum atomic E-state index is -0.741. The zero-order valence-electron chi connectivity index (χ0n) is 23.5. The highest BCUT2D eigenvalue weighted by atomic mass is 79.9. The van der Waals surface area contributed by atoms with E-state index in [-0.39, 0.29) is 18.8 Å². The largest absolute Gasteiger partial charge is 0.494 e. The topological polar surface area (TPSA) is 79.1 Å². The summed E-state index contributed by atoms with van der Waals surface area (Å²) in [4.78, 5) is 32.4. The van der Waals surface area contributed by atoms with Crippen LogP contribution >= 0.6 is 50.5 Å². The van der Waals surface area contributed by atoms with Crippen molar-refractivity contribution < 1.29 is 19.0 Å². The predicted octanol–water partition coefficient (Wildman–Crippen LogP) is 6.85. The van der Waals surface area contributed by atoms with Crippen molar-refractivity contribution in [3.05, 3.63) is 123 Å². The van der Waals surface area contributed by atoms with Crippen molar-refractivity contribution in [2.24, 2.45) is 4.99 Å². The Labute approximate surface area is 270 Å². The molecule has 0 spiro atoms. The molecule has 1 aromatic heterocycles. The van der Waals surface area contributed by atoms with Gasteiger partial charge in [0.2, 0.25) is 0 Å². The molecule has 0 N–H and O–H groups in total. The van der Waals surface area contributed by atoms with Crippen molar-refractivity contribution in [3.63, 3.8) is 0 Å². The van der Waals surface area contributed by atoms with Gasteiger partial charge in [0.1, 0.15) is 18.1 Å². The molecular weight excluding hydrogens is 675 g/mol. The normalized spacial score (nSPS) is 14.7. The summed E-state index contributed by atoms with van der Waals surface area (Å²) in [5.41, 5.74) is 2.61. The van der Waals surface area contributed by atoms with Crippen LogP contribution < -0.4 is 24.4 Å². The van der Waals surface area contributed by atoms with Crippen LogP contribution in [-0.2, 0) is 16.1 Å². The molecule has 0 amide bonds. The number of thiazole rings is 1. The fraction of sp³-hybridized carbons (Fsp3) is 0.219. The number of allylic oxidation sites excluding steroid dienone is 1. The van der Waals surface area contributed by atoms with Crippen LogP contribution in [0.2, 0.25) is 10.0 Å². The number of benzene rings is 3. The lowest BCUT2D eigenvalue weighted by Crippen LogP contribution is -2.39. The average Bonchev–Trinajstić information content (AvgIpc) is 3.27. The first kappa shape index (κ1) is 31.1. The monoisotopic (exact) mass is 700 g/mol. The molecule has 0 radical (unpaired) electrons. The third kappa shape index (κ3) is 6.60. The number of carbonyl (C=O) groups is 1. The molecule has 2 heterocycles. The van der Waals surface area contributed by atoms with Gasteiger partial charge in [-0.1, -0.05) is 64.9 Å². The van der Waals surface area contributed by atoms with E-state index < -0.39 is 12.0 Å². The molecule has 0 saturated carbocycles. The van der Waals surface area contributed by atoms with Gasteiger partial charge >= 0.3 is 5.97 Å². The number of aromatic nitrogens is 1. The zero-order valence-corrected chi connectivity index (χ0v) is 27.4. The summed E-state index contributed by atoms with van der Waals surface area (Å²) in [7, 11) is 0. The fourth-order valence-corrected chi connectivity index (χ4v) is 6.94. The van der Waals surface area contributed by atoms with Gasteiger partial charge in [-0.25, -0.2) is 9.79 Å². The third-order valence-corrected chi connectivity index (χ3v) is 8.84. The first-order chi connectivity index (χ1) is 20.7. The molecule has 4 aromatic rings. The molecule has 1 aliphatic rings. The van der Waals surface area contributed by atoms with E-state index in [1.807, 2.05) is 49.4 Å². The average molecular weight is 702 g/mol. The Morgan fingerprint density at radius 3 is 2.51 bits per heavy atom. The number of rotatable bonds is 9. The van der Waals surface area contributed by atoms with Crippen LogP contribution in [-0.4, -0.2) is 23.8 Å². The van der Waals surface area contributed by atoms with E-state index in [0.717, 1.165) is 11.1 Å².